The first kappa shape index (κ1) is 24.0. The van der Waals surface area contributed by atoms with Crippen LogP contribution in [0.1, 0.15) is 37.5 Å². The van der Waals surface area contributed by atoms with Crippen molar-refractivity contribution >= 4 is 23.5 Å². The first-order valence-electron chi connectivity index (χ1n) is 11.5. The van der Waals surface area contributed by atoms with E-state index in [1.807, 2.05) is 87.5 Å². The van der Waals surface area contributed by atoms with Crippen LogP contribution in [0.25, 0.3) is 5.57 Å². The second kappa shape index (κ2) is 9.97. The molecule has 0 N–H and O–H groups in total. The van der Waals surface area contributed by atoms with E-state index in [0.717, 1.165) is 11.1 Å². The summed E-state index contributed by atoms with van der Waals surface area (Å²) in [7, 11) is 0. The third-order valence-corrected chi connectivity index (χ3v) is 5.67. The molecule has 0 fully saturated rings. The van der Waals surface area contributed by atoms with Gasteiger partial charge in [0.1, 0.15) is 12.3 Å². The van der Waals surface area contributed by atoms with E-state index < -0.39 is 23.4 Å². The van der Waals surface area contributed by atoms with Crippen LogP contribution < -0.4 is 0 Å². The summed E-state index contributed by atoms with van der Waals surface area (Å²) in [5.74, 6) is -0.963. The quantitative estimate of drug-likeness (QED) is 0.454. The van der Waals surface area contributed by atoms with E-state index in [1.165, 1.54) is 9.80 Å². The molecule has 0 bridgehead atoms. The Bertz CT molecular complexity index is 1250. The van der Waals surface area contributed by atoms with Crippen LogP contribution in [-0.4, -0.2) is 33.2 Å². The van der Waals surface area contributed by atoms with Gasteiger partial charge < -0.3 is 4.74 Å². The maximum Gasteiger partial charge on any atom is 0.415 e. The highest BCUT2D eigenvalue weighted by atomic mass is 16.6. The van der Waals surface area contributed by atoms with E-state index in [2.05, 4.69) is 0 Å². The molecular weight excluding hydrogens is 440 g/mol. The largest absolute Gasteiger partial charge is 0.444 e. The van der Waals surface area contributed by atoms with Crippen LogP contribution in [-0.2, 0) is 27.5 Å². The minimum Gasteiger partial charge on any atom is -0.444 e. The minimum absolute atomic E-state index is 0.0303. The lowest BCUT2D eigenvalue weighted by Gasteiger charge is -2.35. The lowest BCUT2D eigenvalue weighted by molar-refractivity contribution is -0.138. The molecule has 6 heteroatoms. The smallest absolute Gasteiger partial charge is 0.415 e. The number of carbonyl (C=O) groups is 3. The van der Waals surface area contributed by atoms with Crippen molar-refractivity contribution in [2.24, 2.45) is 0 Å². The van der Waals surface area contributed by atoms with Crippen LogP contribution in [0.2, 0.25) is 0 Å². The van der Waals surface area contributed by atoms with E-state index in [1.54, 1.807) is 24.3 Å². The second-order valence-electron chi connectivity index (χ2n) is 9.32. The van der Waals surface area contributed by atoms with E-state index in [0.29, 0.717) is 5.56 Å². The van der Waals surface area contributed by atoms with Gasteiger partial charge in [-0.15, -0.1) is 0 Å². The lowest BCUT2D eigenvalue weighted by Crippen LogP contribution is -2.48. The first-order valence-corrected chi connectivity index (χ1v) is 11.5. The van der Waals surface area contributed by atoms with Crippen molar-refractivity contribution in [2.45, 2.75) is 39.5 Å². The van der Waals surface area contributed by atoms with E-state index in [4.69, 9.17) is 4.74 Å². The van der Waals surface area contributed by atoms with Gasteiger partial charge in [0.25, 0.3) is 11.8 Å². The molecule has 0 aliphatic carbocycles. The van der Waals surface area contributed by atoms with Crippen LogP contribution in [0, 0.1) is 0 Å². The molecule has 35 heavy (non-hydrogen) atoms. The third-order valence-electron chi connectivity index (χ3n) is 5.67. The molecule has 1 aliphatic rings. The fourth-order valence-electron chi connectivity index (χ4n) is 4.03. The van der Waals surface area contributed by atoms with E-state index in [9.17, 15) is 14.4 Å². The number of amides is 3. The number of rotatable bonds is 6. The highest BCUT2D eigenvalue weighted by Gasteiger charge is 2.46. The van der Waals surface area contributed by atoms with Crippen LogP contribution in [0.5, 0.6) is 0 Å². The van der Waals surface area contributed by atoms with Crippen molar-refractivity contribution in [3.63, 3.8) is 0 Å². The van der Waals surface area contributed by atoms with Gasteiger partial charge in [-0.05, 0) is 37.5 Å². The van der Waals surface area contributed by atoms with Gasteiger partial charge in [0.2, 0.25) is 0 Å². The van der Waals surface area contributed by atoms with Crippen LogP contribution in [0.4, 0.5) is 4.79 Å². The topological polar surface area (TPSA) is 66.9 Å². The molecule has 1 aliphatic heterocycles. The van der Waals surface area contributed by atoms with Crippen LogP contribution in [0.3, 0.4) is 0 Å². The second-order valence-corrected chi connectivity index (χ2v) is 9.32. The van der Waals surface area contributed by atoms with Crippen molar-refractivity contribution < 1.29 is 19.1 Å². The zero-order chi connectivity index (χ0) is 25.0. The van der Waals surface area contributed by atoms with Crippen molar-refractivity contribution in [2.75, 3.05) is 0 Å². The van der Waals surface area contributed by atoms with Crippen LogP contribution >= 0.6 is 0 Å². The summed E-state index contributed by atoms with van der Waals surface area (Å²) in [5.41, 5.74) is 1.60. The van der Waals surface area contributed by atoms with Gasteiger partial charge in [0.05, 0.1) is 12.1 Å². The standard InChI is InChI=1S/C29H28N2O4/c1-29(2,3)31(28(34)35-20-22-15-9-5-10-16-22)25-24(23-17-11-6-12-18-23)26(32)30(27(25)33)19-21-13-7-4-8-14-21/h4-18H,19-20H2,1-3H3. The van der Waals surface area contributed by atoms with Gasteiger partial charge in [-0.2, -0.15) is 0 Å². The molecular formula is C29H28N2O4. The van der Waals surface area contributed by atoms with E-state index in [-0.39, 0.29) is 24.4 Å². The van der Waals surface area contributed by atoms with Gasteiger partial charge in [-0.25, -0.2) is 4.79 Å². The summed E-state index contributed by atoms with van der Waals surface area (Å²) >= 11 is 0. The average molecular weight is 469 g/mol. The molecule has 0 saturated carbocycles. The van der Waals surface area contributed by atoms with Gasteiger partial charge in [0, 0.05) is 5.54 Å². The predicted molar refractivity (Wildman–Crippen MR) is 134 cm³/mol. The minimum atomic E-state index is -0.832. The fourth-order valence-corrected chi connectivity index (χ4v) is 4.03. The highest BCUT2D eigenvalue weighted by molar-refractivity contribution is 6.36. The number of hydrogen-bond donors (Lipinski definition) is 0. The Kier molecular flexibility index (Phi) is 6.82. The number of ether oxygens (including phenoxy) is 1. The summed E-state index contributed by atoms with van der Waals surface area (Å²) in [6, 6.07) is 27.6. The van der Waals surface area contributed by atoms with Gasteiger partial charge in [-0.1, -0.05) is 91.0 Å². The molecule has 178 valence electrons. The van der Waals surface area contributed by atoms with Gasteiger partial charge in [0.15, 0.2) is 0 Å². The normalized spacial score (nSPS) is 13.9. The maximum atomic E-state index is 13.8. The Hall–Kier alpha value is -4.19. The molecule has 6 nitrogen and oxygen atoms in total. The number of nitrogens with zero attached hydrogens (tertiary/aromatic N) is 2. The Morgan fingerprint density at radius 3 is 1.83 bits per heavy atom. The molecule has 0 aromatic heterocycles. The number of imide groups is 1. The zero-order valence-electron chi connectivity index (χ0n) is 20.1. The molecule has 3 aromatic rings. The average Bonchev–Trinajstić information content (AvgIpc) is 3.08. The zero-order valence-corrected chi connectivity index (χ0v) is 20.1. The third kappa shape index (κ3) is 5.17. The lowest BCUT2D eigenvalue weighted by atomic mass is 10.0. The molecule has 0 unspecified atom stereocenters. The molecule has 4 rings (SSSR count). The van der Waals surface area contributed by atoms with Crippen LogP contribution in [0.15, 0.2) is 96.7 Å². The predicted octanol–water partition coefficient (Wildman–Crippen LogP) is 5.40. The summed E-state index contributed by atoms with van der Waals surface area (Å²) in [4.78, 5) is 43.3. The number of carbonyl (C=O) groups excluding carboxylic acids is 3. The Balaban J connectivity index is 1.75. The molecule has 3 aromatic carbocycles. The van der Waals surface area contributed by atoms with Crippen molar-refractivity contribution in [3.05, 3.63) is 113 Å². The molecule has 0 spiro atoms. The van der Waals surface area contributed by atoms with Crippen molar-refractivity contribution in [1.82, 2.24) is 9.80 Å². The molecule has 3 amide bonds. The van der Waals surface area contributed by atoms with Gasteiger partial charge >= 0.3 is 6.09 Å². The monoisotopic (exact) mass is 468 g/mol. The fraction of sp³-hybridized carbons (Fsp3) is 0.207. The Morgan fingerprint density at radius 1 is 0.771 bits per heavy atom. The van der Waals surface area contributed by atoms with Crippen molar-refractivity contribution in [3.8, 4) is 0 Å². The Labute approximate surface area is 205 Å². The summed E-state index contributed by atoms with van der Waals surface area (Å²) in [5, 5.41) is 0. The van der Waals surface area contributed by atoms with E-state index >= 15 is 0 Å². The molecule has 0 atom stereocenters. The maximum absolute atomic E-state index is 13.8. The molecule has 1 heterocycles. The van der Waals surface area contributed by atoms with Crippen molar-refractivity contribution in [1.29, 1.82) is 0 Å². The molecule has 0 radical (unpaired) electrons. The first-order chi connectivity index (χ1) is 16.8. The molecule has 0 saturated heterocycles. The highest BCUT2D eigenvalue weighted by Crippen LogP contribution is 2.36. The summed E-state index contributed by atoms with van der Waals surface area (Å²) in [6.07, 6.45) is -0.688. The number of benzene rings is 3. The summed E-state index contributed by atoms with van der Waals surface area (Å²) < 4.78 is 5.62. The Morgan fingerprint density at radius 2 is 1.29 bits per heavy atom. The van der Waals surface area contributed by atoms with Gasteiger partial charge in [-0.3, -0.25) is 19.4 Å². The SMILES string of the molecule is CC(C)(C)N(C(=O)OCc1ccccc1)C1=C(c2ccccc2)C(=O)N(Cc2ccccc2)C1=O. The number of hydrogen-bond acceptors (Lipinski definition) is 4. The summed E-state index contributed by atoms with van der Waals surface area (Å²) in [6.45, 7) is 5.59.